The summed E-state index contributed by atoms with van der Waals surface area (Å²) in [6, 6.07) is 14.7. The number of hydrogen-bond donors (Lipinski definition) is 2. The molecule has 1 aliphatic rings. The molecule has 34 heavy (non-hydrogen) atoms. The molecule has 1 aromatic heterocycles. The Morgan fingerprint density at radius 3 is 2.41 bits per heavy atom. The maximum Gasteiger partial charge on any atom is 0.410 e. The van der Waals surface area contributed by atoms with Crippen molar-refractivity contribution in [3.05, 3.63) is 65.9 Å². The highest BCUT2D eigenvalue weighted by Gasteiger charge is 2.34. The summed E-state index contributed by atoms with van der Waals surface area (Å²) in [6.07, 6.45) is 1.39. The molecule has 0 spiro atoms. The van der Waals surface area contributed by atoms with Crippen molar-refractivity contribution < 1.29 is 24.2 Å². The van der Waals surface area contributed by atoms with E-state index in [2.05, 4.69) is 4.98 Å². The molecular weight excluding hydrogens is 434 g/mol. The highest BCUT2D eigenvalue weighted by molar-refractivity contribution is 5.90. The van der Waals surface area contributed by atoms with Gasteiger partial charge in [0, 0.05) is 48.8 Å². The first-order valence-electron chi connectivity index (χ1n) is 11.4. The summed E-state index contributed by atoms with van der Waals surface area (Å²) in [5.41, 5.74) is 2.02. The van der Waals surface area contributed by atoms with Crippen molar-refractivity contribution in [2.75, 3.05) is 26.2 Å². The van der Waals surface area contributed by atoms with E-state index in [1.54, 1.807) is 11.1 Å². The first kappa shape index (κ1) is 23.6. The van der Waals surface area contributed by atoms with Gasteiger partial charge in [0.05, 0.1) is 0 Å². The molecule has 4 rings (SSSR count). The van der Waals surface area contributed by atoms with Crippen LogP contribution in [0.2, 0.25) is 0 Å². The molecule has 2 heterocycles. The summed E-state index contributed by atoms with van der Waals surface area (Å²) in [7, 11) is 0. The number of carboxylic acid groups (broad SMARTS) is 1. The average Bonchev–Trinajstić information content (AvgIpc) is 3.20. The van der Waals surface area contributed by atoms with Crippen molar-refractivity contribution >= 4 is 23.0 Å². The Labute approximate surface area is 199 Å². The lowest BCUT2D eigenvalue weighted by Gasteiger charge is -2.38. The number of nitrogens with zero attached hydrogens (tertiary/aromatic N) is 2. The molecule has 180 valence electrons. The fourth-order valence-electron chi connectivity index (χ4n) is 4.15. The second-order valence-electron chi connectivity index (χ2n) is 9.47. The van der Waals surface area contributed by atoms with Crippen LogP contribution in [-0.2, 0) is 16.1 Å². The standard InChI is InChI=1S/C26H31N3O5/c1-26(2,3)34-25(32)29-13-11-28(12-14-29)23(24(30)31)21-16-27-22-10-9-19(15-20(21)22)33-17-18-7-5-4-6-8-18/h4-10,15-16,23,27H,11-14,17H2,1-3H3,(H,30,31)/t23-/m1/s1. The third-order valence-corrected chi connectivity index (χ3v) is 5.79. The van der Waals surface area contributed by atoms with Crippen molar-refractivity contribution in [1.82, 2.24) is 14.8 Å². The molecule has 2 N–H and O–H groups in total. The van der Waals surface area contributed by atoms with E-state index in [9.17, 15) is 14.7 Å². The summed E-state index contributed by atoms with van der Waals surface area (Å²) >= 11 is 0. The predicted octanol–water partition coefficient (Wildman–Crippen LogP) is 4.43. The third-order valence-electron chi connectivity index (χ3n) is 5.79. The summed E-state index contributed by atoms with van der Waals surface area (Å²) in [6.45, 7) is 7.61. The van der Waals surface area contributed by atoms with Crippen LogP contribution < -0.4 is 4.74 Å². The zero-order valence-corrected chi connectivity index (χ0v) is 19.8. The number of amides is 1. The third kappa shape index (κ3) is 5.51. The lowest BCUT2D eigenvalue weighted by molar-refractivity contribution is -0.144. The zero-order valence-electron chi connectivity index (χ0n) is 19.8. The maximum atomic E-state index is 12.4. The van der Waals surface area contributed by atoms with Gasteiger partial charge in [0.15, 0.2) is 0 Å². The number of benzene rings is 2. The van der Waals surface area contributed by atoms with Crippen LogP contribution in [0, 0.1) is 0 Å². The summed E-state index contributed by atoms with van der Waals surface area (Å²) in [5, 5.41) is 10.9. The normalized spacial score (nSPS) is 15.8. The van der Waals surface area contributed by atoms with Crippen molar-refractivity contribution in [3.63, 3.8) is 0 Å². The zero-order chi connectivity index (χ0) is 24.3. The van der Waals surface area contributed by atoms with Gasteiger partial charge in [-0.2, -0.15) is 0 Å². The molecule has 1 amide bonds. The van der Waals surface area contributed by atoms with E-state index in [-0.39, 0.29) is 6.09 Å². The minimum absolute atomic E-state index is 0.369. The van der Waals surface area contributed by atoms with Gasteiger partial charge in [0.25, 0.3) is 0 Å². The Hall–Kier alpha value is -3.52. The molecule has 1 atom stereocenters. The monoisotopic (exact) mass is 465 g/mol. The predicted molar refractivity (Wildman–Crippen MR) is 129 cm³/mol. The van der Waals surface area contributed by atoms with Crippen LogP contribution >= 0.6 is 0 Å². The molecule has 0 radical (unpaired) electrons. The average molecular weight is 466 g/mol. The van der Waals surface area contributed by atoms with Gasteiger partial charge in [0.1, 0.15) is 24.0 Å². The number of carbonyl (C=O) groups is 2. The largest absolute Gasteiger partial charge is 0.489 e. The van der Waals surface area contributed by atoms with Crippen LogP contribution in [-0.4, -0.2) is 63.7 Å². The van der Waals surface area contributed by atoms with Gasteiger partial charge in [0.2, 0.25) is 0 Å². The second kappa shape index (κ2) is 9.77. The number of aromatic amines is 1. The lowest BCUT2D eigenvalue weighted by atomic mass is 10.0. The van der Waals surface area contributed by atoms with E-state index in [1.807, 2.05) is 74.2 Å². The smallest absolute Gasteiger partial charge is 0.410 e. The SMILES string of the molecule is CC(C)(C)OC(=O)N1CCN([C@@H](C(=O)O)c2c[nH]c3ccc(OCc4ccccc4)cc23)CC1. The van der Waals surface area contributed by atoms with Gasteiger partial charge < -0.3 is 24.5 Å². The summed E-state index contributed by atoms with van der Waals surface area (Å²) in [5.74, 6) is -0.252. The van der Waals surface area contributed by atoms with E-state index >= 15 is 0 Å². The van der Waals surface area contributed by atoms with E-state index in [1.165, 1.54) is 0 Å². The van der Waals surface area contributed by atoms with Gasteiger partial charge in [-0.1, -0.05) is 30.3 Å². The highest BCUT2D eigenvalue weighted by Crippen LogP contribution is 2.32. The Balaban J connectivity index is 1.49. The molecule has 2 aromatic carbocycles. The van der Waals surface area contributed by atoms with Gasteiger partial charge in [-0.15, -0.1) is 0 Å². The Morgan fingerprint density at radius 2 is 1.76 bits per heavy atom. The molecule has 0 unspecified atom stereocenters. The number of carboxylic acids is 1. The van der Waals surface area contributed by atoms with Crippen molar-refractivity contribution in [1.29, 1.82) is 0 Å². The highest BCUT2D eigenvalue weighted by atomic mass is 16.6. The minimum atomic E-state index is -0.928. The Morgan fingerprint density at radius 1 is 1.06 bits per heavy atom. The van der Waals surface area contributed by atoms with Gasteiger partial charge in [-0.3, -0.25) is 9.69 Å². The van der Waals surface area contributed by atoms with Crippen molar-refractivity contribution in [2.24, 2.45) is 0 Å². The molecule has 3 aromatic rings. The van der Waals surface area contributed by atoms with E-state index in [4.69, 9.17) is 9.47 Å². The fraction of sp³-hybridized carbons (Fsp3) is 0.385. The first-order chi connectivity index (χ1) is 16.2. The topological polar surface area (TPSA) is 95.1 Å². The van der Waals surface area contributed by atoms with Crippen LogP contribution in [0.25, 0.3) is 10.9 Å². The van der Waals surface area contributed by atoms with E-state index < -0.39 is 17.6 Å². The van der Waals surface area contributed by atoms with Gasteiger partial charge >= 0.3 is 12.1 Å². The number of ether oxygens (including phenoxy) is 2. The number of nitrogens with one attached hydrogen (secondary N) is 1. The number of hydrogen-bond acceptors (Lipinski definition) is 5. The maximum absolute atomic E-state index is 12.4. The molecule has 8 heteroatoms. The summed E-state index contributed by atoms with van der Waals surface area (Å²) in [4.78, 5) is 31.4. The molecule has 1 fully saturated rings. The molecule has 0 saturated carbocycles. The number of aromatic nitrogens is 1. The molecule has 1 saturated heterocycles. The van der Waals surface area contributed by atoms with E-state index in [0.29, 0.717) is 44.1 Å². The van der Waals surface area contributed by atoms with Crippen molar-refractivity contribution in [2.45, 2.75) is 39.0 Å². The first-order valence-corrected chi connectivity index (χ1v) is 11.4. The number of H-pyrrole nitrogens is 1. The van der Waals surface area contributed by atoms with E-state index in [0.717, 1.165) is 16.5 Å². The number of rotatable bonds is 6. The number of fused-ring (bicyclic) bond motifs is 1. The number of piperazine rings is 1. The molecule has 0 bridgehead atoms. The molecule has 1 aliphatic heterocycles. The van der Waals surface area contributed by atoms with Crippen LogP contribution in [0.4, 0.5) is 4.79 Å². The lowest BCUT2D eigenvalue weighted by Crippen LogP contribution is -2.51. The van der Waals surface area contributed by atoms with Crippen LogP contribution in [0.15, 0.2) is 54.7 Å². The summed E-state index contributed by atoms with van der Waals surface area (Å²) < 4.78 is 11.4. The fourth-order valence-corrected chi connectivity index (χ4v) is 4.15. The minimum Gasteiger partial charge on any atom is -0.489 e. The van der Waals surface area contributed by atoms with Crippen LogP contribution in [0.5, 0.6) is 5.75 Å². The quantitative estimate of drug-likeness (QED) is 0.559. The van der Waals surface area contributed by atoms with Crippen molar-refractivity contribution in [3.8, 4) is 5.75 Å². The number of carbonyl (C=O) groups excluding carboxylic acids is 1. The Bertz CT molecular complexity index is 1140. The second-order valence-corrected chi connectivity index (χ2v) is 9.47. The Kier molecular flexibility index (Phi) is 6.79. The van der Waals surface area contributed by atoms with Gasteiger partial charge in [-0.25, -0.2) is 4.79 Å². The molecule has 8 nitrogen and oxygen atoms in total. The van der Waals surface area contributed by atoms with Crippen LogP contribution in [0.3, 0.4) is 0 Å². The molecular formula is C26H31N3O5. The van der Waals surface area contributed by atoms with Gasteiger partial charge in [-0.05, 0) is 44.5 Å². The van der Waals surface area contributed by atoms with Crippen LogP contribution in [0.1, 0.15) is 37.9 Å². The number of aliphatic carboxylic acids is 1. The molecule has 0 aliphatic carbocycles.